The molecule has 4 nitrogen and oxygen atoms in total. The maximum absolute atomic E-state index is 11.9. The highest BCUT2D eigenvalue weighted by molar-refractivity contribution is 9.10. The van der Waals surface area contributed by atoms with E-state index in [-0.39, 0.29) is 5.91 Å². The third-order valence-electron chi connectivity index (χ3n) is 3.65. The number of H-pyrrole nitrogens is 1. The van der Waals surface area contributed by atoms with Gasteiger partial charge in [-0.25, -0.2) is 4.98 Å². The van der Waals surface area contributed by atoms with Gasteiger partial charge in [0.15, 0.2) is 0 Å². The van der Waals surface area contributed by atoms with Gasteiger partial charge in [-0.3, -0.25) is 4.79 Å². The second kappa shape index (κ2) is 7.42. The quantitative estimate of drug-likeness (QED) is 0.695. The number of nitrogens with one attached hydrogen (secondary N) is 2. The van der Waals surface area contributed by atoms with Crippen molar-refractivity contribution in [1.82, 2.24) is 15.3 Å². The van der Waals surface area contributed by atoms with Crippen molar-refractivity contribution in [3.8, 4) is 0 Å². The molecule has 0 unspecified atom stereocenters. The van der Waals surface area contributed by atoms with Crippen molar-refractivity contribution in [2.24, 2.45) is 0 Å². The molecule has 0 bridgehead atoms. The Morgan fingerprint density at radius 3 is 2.83 bits per heavy atom. The summed E-state index contributed by atoms with van der Waals surface area (Å²) in [6.07, 6.45) is 1.95. The van der Waals surface area contributed by atoms with Crippen molar-refractivity contribution in [2.45, 2.75) is 19.3 Å². The highest BCUT2D eigenvalue weighted by atomic mass is 79.9. The van der Waals surface area contributed by atoms with Crippen LogP contribution in [0.4, 0.5) is 0 Å². The second-order valence-corrected chi connectivity index (χ2v) is 6.35. The van der Waals surface area contributed by atoms with E-state index in [1.807, 2.05) is 48.5 Å². The van der Waals surface area contributed by atoms with E-state index >= 15 is 0 Å². The highest BCUT2D eigenvalue weighted by Crippen LogP contribution is 2.13. The van der Waals surface area contributed by atoms with Crippen LogP contribution in [0.1, 0.15) is 17.8 Å². The van der Waals surface area contributed by atoms with E-state index in [0.717, 1.165) is 33.3 Å². The van der Waals surface area contributed by atoms with Crippen molar-refractivity contribution < 1.29 is 4.79 Å². The Morgan fingerprint density at radius 1 is 1.13 bits per heavy atom. The topological polar surface area (TPSA) is 57.8 Å². The van der Waals surface area contributed by atoms with Crippen LogP contribution in [0.15, 0.2) is 53.0 Å². The minimum atomic E-state index is 0.0705. The molecule has 0 aliphatic rings. The fourth-order valence-corrected chi connectivity index (χ4v) is 2.93. The highest BCUT2D eigenvalue weighted by Gasteiger charge is 2.05. The first-order valence-corrected chi connectivity index (χ1v) is 8.45. The second-order valence-electron chi connectivity index (χ2n) is 5.43. The van der Waals surface area contributed by atoms with Gasteiger partial charge in [0.2, 0.25) is 5.91 Å². The average Bonchev–Trinajstić information content (AvgIpc) is 2.96. The van der Waals surface area contributed by atoms with Gasteiger partial charge < -0.3 is 10.3 Å². The zero-order valence-corrected chi connectivity index (χ0v) is 14.3. The molecule has 0 spiro atoms. The monoisotopic (exact) mass is 371 g/mol. The summed E-state index contributed by atoms with van der Waals surface area (Å²) in [7, 11) is 0. The van der Waals surface area contributed by atoms with E-state index in [0.29, 0.717) is 19.4 Å². The molecule has 2 N–H and O–H groups in total. The maximum Gasteiger partial charge on any atom is 0.220 e. The van der Waals surface area contributed by atoms with Gasteiger partial charge >= 0.3 is 0 Å². The van der Waals surface area contributed by atoms with Crippen molar-refractivity contribution >= 4 is 32.9 Å². The Bertz CT molecular complexity index is 780. The number of hydrogen-bond donors (Lipinski definition) is 2. The molecule has 118 valence electrons. The summed E-state index contributed by atoms with van der Waals surface area (Å²) in [5.74, 6) is 0.972. The molecule has 0 aliphatic heterocycles. The van der Waals surface area contributed by atoms with Gasteiger partial charge in [-0.1, -0.05) is 40.2 Å². The Kier molecular flexibility index (Phi) is 5.08. The lowest BCUT2D eigenvalue weighted by molar-refractivity contribution is -0.121. The molecular weight excluding hydrogens is 354 g/mol. The first kappa shape index (κ1) is 15.7. The Labute approximate surface area is 143 Å². The molecular formula is C18H18BrN3O. The molecule has 0 atom stereocenters. The first-order valence-electron chi connectivity index (χ1n) is 7.65. The number of nitrogens with zero attached hydrogens (tertiary/aromatic N) is 1. The van der Waals surface area contributed by atoms with Gasteiger partial charge in [0.25, 0.3) is 0 Å². The molecule has 3 rings (SSSR count). The van der Waals surface area contributed by atoms with Crippen molar-refractivity contribution in [3.63, 3.8) is 0 Å². The Hall–Kier alpha value is -2.14. The molecule has 5 heteroatoms. The van der Waals surface area contributed by atoms with E-state index in [1.54, 1.807) is 0 Å². The molecule has 23 heavy (non-hydrogen) atoms. The SMILES string of the molecule is O=C(CCc1cccc(Br)c1)NCCc1nc2ccccc2[nH]1. The van der Waals surface area contributed by atoms with Crippen LogP contribution in [0.25, 0.3) is 11.0 Å². The lowest BCUT2D eigenvalue weighted by Crippen LogP contribution is -2.26. The number of carbonyl (C=O) groups is 1. The van der Waals surface area contributed by atoms with Gasteiger partial charge in [-0.05, 0) is 36.2 Å². The summed E-state index contributed by atoms with van der Waals surface area (Å²) in [6.45, 7) is 0.594. The number of para-hydroxylation sites is 2. The molecule has 0 aliphatic carbocycles. The lowest BCUT2D eigenvalue weighted by Gasteiger charge is -2.04. The molecule has 0 fully saturated rings. The molecule has 2 aromatic carbocycles. The zero-order valence-electron chi connectivity index (χ0n) is 12.7. The smallest absolute Gasteiger partial charge is 0.220 e. The number of aromatic amines is 1. The van der Waals surface area contributed by atoms with Crippen LogP contribution in [0.3, 0.4) is 0 Å². The molecule has 1 aromatic heterocycles. The summed E-state index contributed by atoms with van der Waals surface area (Å²) in [6, 6.07) is 16.0. The largest absolute Gasteiger partial charge is 0.356 e. The van der Waals surface area contributed by atoms with Crippen molar-refractivity contribution in [1.29, 1.82) is 0 Å². The Balaban J connectivity index is 1.44. The van der Waals surface area contributed by atoms with Gasteiger partial charge in [0.05, 0.1) is 11.0 Å². The summed E-state index contributed by atoms with van der Waals surface area (Å²) in [4.78, 5) is 19.7. The number of benzene rings is 2. The van der Waals surface area contributed by atoms with Crippen LogP contribution < -0.4 is 5.32 Å². The fraction of sp³-hybridized carbons (Fsp3) is 0.222. The van der Waals surface area contributed by atoms with Crippen molar-refractivity contribution in [3.05, 3.63) is 64.4 Å². The van der Waals surface area contributed by atoms with Crippen LogP contribution >= 0.6 is 15.9 Å². The van der Waals surface area contributed by atoms with Crippen LogP contribution in [0.2, 0.25) is 0 Å². The number of amides is 1. The van der Waals surface area contributed by atoms with Gasteiger partial charge in [-0.15, -0.1) is 0 Å². The molecule has 0 saturated carbocycles. The van der Waals surface area contributed by atoms with Crippen LogP contribution in [-0.2, 0) is 17.6 Å². The standard InChI is InChI=1S/C18H18BrN3O/c19-14-5-3-4-13(12-14)8-9-18(23)20-11-10-17-21-15-6-1-2-7-16(15)22-17/h1-7,12H,8-11H2,(H,20,23)(H,21,22). The third-order valence-corrected chi connectivity index (χ3v) is 4.15. The minimum Gasteiger partial charge on any atom is -0.356 e. The number of fused-ring (bicyclic) bond motifs is 1. The molecule has 0 saturated heterocycles. The summed E-state index contributed by atoms with van der Waals surface area (Å²) in [5.41, 5.74) is 3.15. The minimum absolute atomic E-state index is 0.0705. The summed E-state index contributed by atoms with van der Waals surface area (Å²) < 4.78 is 1.04. The number of hydrogen-bond acceptors (Lipinski definition) is 2. The predicted octanol–water partition coefficient (Wildman–Crippen LogP) is 3.62. The first-order chi connectivity index (χ1) is 11.2. The van der Waals surface area contributed by atoms with E-state index in [1.165, 1.54) is 0 Å². The van der Waals surface area contributed by atoms with Gasteiger partial charge in [-0.2, -0.15) is 0 Å². The zero-order chi connectivity index (χ0) is 16.1. The van der Waals surface area contributed by atoms with Gasteiger partial charge in [0.1, 0.15) is 5.82 Å². The third kappa shape index (κ3) is 4.42. The number of imidazole rings is 1. The molecule has 3 aromatic rings. The number of aromatic nitrogens is 2. The molecule has 1 heterocycles. The molecule has 1 amide bonds. The lowest BCUT2D eigenvalue weighted by atomic mass is 10.1. The molecule has 0 radical (unpaired) electrons. The van der Waals surface area contributed by atoms with E-state index in [9.17, 15) is 4.79 Å². The maximum atomic E-state index is 11.9. The number of aryl methyl sites for hydroxylation is 1. The van der Waals surface area contributed by atoms with Crippen molar-refractivity contribution in [2.75, 3.05) is 6.54 Å². The summed E-state index contributed by atoms with van der Waals surface area (Å²) >= 11 is 3.44. The normalized spacial score (nSPS) is 10.8. The van der Waals surface area contributed by atoms with Gasteiger partial charge in [0, 0.05) is 23.9 Å². The average molecular weight is 372 g/mol. The van der Waals surface area contributed by atoms with Crippen LogP contribution in [0.5, 0.6) is 0 Å². The van der Waals surface area contributed by atoms with E-state index in [2.05, 4.69) is 31.2 Å². The number of rotatable bonds is 6. The Morgan fingerprint density at radius 2 is 2.00 bits per heavy atom. The van der Waals surface area contributed by atoms with Crippen LogP contribution in [-0.4, -0.2) is 22.4 Å². The van der Waals surface area contributed by atoms with Crippen LogP contribution in [0, 0.1) is 0 Å². The summed E-state index contributed by atoms with van der Waals surface area (Å²) in [5, 5.41) is 2.95. The van der Waals surface area contributed by atoms with E-state index in [4.69, 9.17) is 0 Å². The number of halogens is 1. The predicted molar refractivity (Wildman–Crippen MR) is 95.3 cm³/mol. The van der Waals surface area contributed by atoms with E-state index < -0.39 is 0 Å². The number of carbonyl (C=O) groups excluding carboxylic acids is 1. The fourth-order valence-electron chi connectivity index (χ4n) is 2.48.